The smallest absolute Gasteiger partial charge is 0.321 e. The number of hydrogen-bond donors (Lipinski definition) is 1. The molecule has 0 aliphatic rings. The van der Waals surface area contributed by atoms with E-state index in [9.17, 15) is 13.6 Å². The Labute approximate surface area is 125 Å². The van der Waals surface area contributed by atoms with Crippen LogP contribution in [0.5, 0.6) is 0 Å². The van der Waals surface area contributed by atoms with Crippen molar-refractivity contribution in [3.05, 3.63) is 46.5 Å². The highest BCUT2D eigenvalue weighted by Gasteiger charge is 2.18. The summed E-state index contributed by atoms with van der Waals surface area (Å²) in [5.41, 5.74) is 5.79. The van der Waals surface area contributed by atoms with Crippen molar-refractivity contribution in [2.45, 2.75) is 26.3 Å². The molecule has 0 aliphatic heterocycles. The summed E-state index contributed by atoms with van der Waals surface area (Å²) < 4.78 is 26.1. The summed E-state index contributed by atoms with van der Waals surface area (Å²) in [6, 6.07) is 2.78. The van der Waals surface area contributed by atoms with Gasteiger partial charge in [-0.05, 0) is 23.6 Å². The molecule has 1 aromatic heterocycles. The summed E-state index contributed by atoms with van der Waals surface area (Å²) in [4.78, 5) is 18.0. The van der Waals surface area contributed by atoms with E-state index in [1.807, 2.05) is 13.8 Å². The first kappa shape index (κ1) is 15.4. The third-order valence-electron chi connectivity index (χ3n) is 2.90. The molecule has 0 fully saturated rings. The van der Waals surface area contributed by atoms with Gasteiger partial charge in [0.15, 0.2) is 16.8 Å². The maximum atomic E-state index is 13.2. The van der Waals surface area contributed by atoms with E-state index in [2.05, 4.69) is 4.98 Å². The molecule has 112 valence electrons. The Balaban J connectivity index is 2.26. The van der Waals surface area contributed by atoms with E-state index in [1.54, 1.807) is 6.20 Å². The minimum Gasteiger partial charge on any atom is -0.351 e. The van der Waals surface area contributed by atoms with Gasteiger partial charge in [0.05, 0.1) is 6.54 Å². The second kappa shape index (κ2) is 6.17. The predicted molar refractivity (Wildman–Crippen MR) is 78.3 cm³/mol. The van der Waals surface area contributed by atoms with E-state index in [0.29, 0.717) is 10.7 Å². The number of halogens is 2. The van der Waals surface area contributed by atoms with Crippen LogP contribution in [0.2, 0.25) is 0 Å². The van der Waals surface area contributed by atoms with Gasteiger partial charge in [-0.1, -0.05) is 19.9 Å². The molecule has 1 aromatic carbocycles. The highest BCUT2D eigenvalue weighted by Crippen LogP contribution is 2.29. The van der Waals surface area contributed by atoms with Crippen LogP contribution in [-0.2, 0) is 6.54 Å². The van der Waals surface area contributed by atoms with E-state index in [4.69, 9.17) is 5.73 Å². The van der Waals surface area contributed by atoms with Crippen molar-refractivity contribution in [1.29, 1.82) is 0 Å². The number of nitrogens with zero attached hydrogens (tertiary/aromatic N) is 2. The van der Waals surface area contributed by atoms with Gasteiger partial charge in [-0.15, -0.1) is 11.3 Å². The Morgan fingerprint density at radius 1 is 1.38 bits per heavy atom. The van der Waals surface area contributed by atoms with Crippen molar-refractivity contribution in [3.63, 3.8) is 0 Å². The highest BCUT2D eigenvalue weighted by molar-refractivity contribution is 7.15. The van der Waals surface area contributed by atoms with Crippen LogP contribution >= 0.6 is 11.3 Å². The molecule has 0 saturated heterocycles. The van der Waals surface area contributed by atoms with Gasteiger partial charge >= 0.3 is 6.03 Å². The highest BCUT2D eigenvalue weighted by atomic mass is 32.1. The molecule has 4 nitrogen and oxygen atoms in total. The van der Waals surface area contributed by atoms with E-state index in [0.717, 1.165) is 17.0 Å². The number of benzene rings is 1. The third kappa shape index (κ3) is 3.55. The van der Waals surface area contributed by atoms with Crippen molar-refractivity contribution in [3.8, 4) is 0 Å². The molecule has 0 radical (unpaired) electrons. The van der Waals surface area contributed by atoms with Crippen LogP contribution in [0.25, 0.3) is 0 Å². The van der Waals surface area contributed by atoms with Gasteiger partial charge in [0.25, 0.3) is 0 Å². The third-order valence-corrected chi connectivity index (χ3v) is 4.22. The van der Waals surface area contributed by atoms with Gasteiger partial charge in [0, 0.05) is 11.1 Å². The second-order valence-electron chi connectivity index (χ2n) is 4.87. The zero-order chi connectivity index (χ0) is 15.6. The minimum absolute atomic E-state index is 0.0393. The number of anilines is 1. The van der Waals surface area contributed by atoms with E-state index in [1.165, 1.54) is 22.3 Å². The molecule has 0 aliphatic carbocycles. The summed E-state index contributed by atoms with van der Waals surface area (Å²) in [7, 11) is 0. The van der Waals surface area contributed by atoms with Crippen LogP contribution in [0, 0.1) is 11.6 Å². The molecule has 2 N–H and O–H groups in total. The van der Waals surface area contributed by atoms with Crippen LogP contribution < -0.4 is 10.6 Å². The summed E-state index contributed by atoms with van der Waals surface area (Å²) >= 11 is 1.35. The number of nitrogens with two attached hydrogens (primary N) is 1. The Morgan fingerprint density at radius 3 is 2.62 bits per heavy atom. The molecule has 0 spiro atoms. The van der Waals surface area contributed by atoms with E-state index >= 15 is 0 Å². The number of carbonyl (C=O) groups excluding carboxylic acids is 1. The quantitative estimate of drug-likeness (QED) is 0.937. The maximum Gasteiger partial charge on any atom is 0.321 e. The summed E-state index contributed by atoms with van der Waals surface area (Å²) in [5.74, 6) is -1.60. The van der Waals surface area contributed by atoms with Crippen molar-refractivity contribution in [2.75, 3.05) is 4.90 Å². The van der Waals surface area contributed by atoms with Crippen molar-refractivity contribution < 1.29 is 13.6 Å². The van der Waals surface area contributed by atoms with Gasteiger partial charge in [-0.25, -0.2) is 18.6 Å². The van der Waals surface area contributed by atoms with Gasteiger partial charge < -0.3 is 5.73 Å². The lowest BCUT2D eigenvalue weighted by Crippen LogP contribution is -2.35. The minimum atomic E-state index is -0.959. The number of thiazole rings is 1. The van der Waals surface area contributed by atoms with Crippen molar-refractivity contribution in [2.24, 2.45) is 5.73 Å². The molecule has 21 heavy (non-hydrogen) atoms. The molecule has 0 unspecified atom stereocenters. The number of amides is 2. The summed E-state index contributed by atoms with van der Waals surface area (Å²) in [6.45, 7) is 4.07. The first-order valence-electron chi connectivity index (χ1n) is 6.35. The van der Waals surface area contributed by atoms with Crippen molar-refractivity contribution >= 4 is 22.5 Å². The predicted octanol–water partition coefficient (Wildman–Crippen LogP) is 3.63. The lowest BCUT2D eigenvalue weighted by Gasteiger charge is -2.17. The fraction of sp³-hybridized carbons (Fsp3) is 0.286. The average Bonchev–Trinajstić information content (AvgIpc) is 2.89. The van der Waals surface area contributed by atoms with Gasteiger partial charge in [-0.3, -0.25) is 4.90 Å². The van der Waals surface area contributed by atoms with Gasteiger partial charge in [-0.2, -0.15) is 0 Å². The Morgan fingerprint density at radius 2 is 2.10 bits per heavy atom. The number of aromatic nitrogens is 1. The number of primary amides is 1. The first-order chi connectivity index (χ1) is 9.88. The van der Waals surface area contributed by atoms with E-state index in [-0.39, 0.29) is 12.5 Å². The maximum absolute atomic E-state index is 13.2. The Bertz CT molecular complexity index is 657. The lowest BCUT2D eigenvalue weighted by molar-refractivity contribution is 0.253. The normalized spacial score (nSPS) is 10.9. The Hall–Kier alpha value is -2.02. The molecular formula is C14H15F2N3OS. The molecule has 0 bridgehead atoms. The topological polar surface area (TPSA) is 59.2 Å². The molecule has 2 amide bonds. The SMILES string of the molecule is CC(C)c1cnc(N(Cc2ccc(F)c(F)c2)C(N)=O)s1. The number of carbonyl (C=O) groups is 1. The largest absolute Gasteiger partial charge is 0.351 e. The zero-order valence-corrected chi connectivity index (χ0v) is 12.5. The molecule has 2 aromatic rings. The molecule has 0 atom stereocenters. The standard InChI is InChI=1S/C14H15F2N3OS/c1-8(2)12-6-18-14(21-12)19(13(17)20)7-9-3-4-10(15)11(16)5-9/h3-6,8H,7H2,1-2H3,(H2,17,20). The van der Waals surface area contributed by atoms with Crippen LogP contribution in [0.3, 0.4) is 0 Å². The van der Waals surface area contributed by atoms with Gasteiger partial charge in [0.2, 0.25) is 0 Å². The van der Waals surface area contributed by atoms with Crippen LogP contribution in [0.1, 0.15) is 30.2 Å². The number of urea groups is 1. The number of rotatable bonds is 4. The Kier molecular flexibility index (Phi) is 4.52. The first-order valence-corrected chi connectivity index (χ1v) is 7.16. The molecule has 7 heteroatoms. The van der Waals surface area contributed by atoms with Crippen LogP contribution in [0.4, 0.5) is 18.7 Å². The molecular weight excluding hydrogens is 296 g/mol. The molecule has 1 heterocycles. The number of hydrogen-bond acceptors (Lipinski definition) is 3. The van der Waals surface area contributed by atoms with Crippen LogP contribution in [-0.4, -0.2) is 11.0 Å². The monoisotopic (exact) mass is 311 g/mol. The molecule has 0 saturated carbocycles. The fourth-order valence-electron chi connectivity index (χ4n) is 1.73. The molecule has 2 rings (SSSR count). The summed E-state index contributed by atoms with van der Waals surface area (Å²) in [6.07, 6.45) is 1.69. The lowest BCUT2D eigenvalue weighted by atomic mass is 10.2. The van der Waals surface area contributed by atoms with E-state index < -0.39 is 17.7 Å². The van der Waals surface area contributed by atoms with Gasteiger partial charge in [0.1, 0.15) is 0 Å². The average molecular weight is 311 g/mol. The fourth-order valence-corrected chi connectivity index (χ4v) is 2.65. The summed E-state index contributed by atoms with van der Waals surface area (Å²) in [5, 5.41) is 0.441. The van der Waals surface area contributed by atoms with Crippen LogP contribution in [0.15, 0.2) is 24.4 Å². The van der Waals surface area contributed by atoms with Crippen molar-refractivity contribution in [1.82, 2.24) is 4.98 Å². The zero-order valence-electron chi connectivity index (χ0n) is 11.6. The second-order valence-corrected chi connectivity index (χ2v) is 5.91.